The summed E-state index contributed by atoms with van der Waals surface area (Å²) in [7, 11) is 0. The maximum absolute atomic E-state index is 9.52. The van der Waals surface area contributed by atoms with Crippen LogP contribution in [0.3, 0.4) is 0 Å². The van der Waals surface area contributed by atoms with E-state index in [2.05, 4.69) is 29.5 Å². The lowest BCUT2D eigenvalue weighted by molar-refractivity contribution is 0.267. The van der Waals surface area contributed by atoms with E-state index >= 15 is 0 Å². The van der Waals surface area contributed by atoms with E-state index in [1.54, 1.807) is 11.3 Å². The third-order valence-corrected chi connectivity index (χ3v) is 4.66. The van der Waals surface area contributed by atoms with E-state index in [9.17, 15) is 5.11 Å². The lowest BCUT2D eigenvalue weighted by Crippen LogP contribution is -2.03. The Morgan fingerprint density at radius 3 is 2.75 bits per heavy atom. The quantitative estimate of drug-likeness (QED) is 0.728. The maximum Gasteiger partial charge on any atom is 0.136 e. The Balaban J connectivity index is 2.09. The molecule has 0 spiro atoms. The molecule has 5 heteroatoms. The summed E-state index contributed by atoms with van der Waals surface area (Å²) in [4.78, 5) is 7.06. The number of anilines is 1. The molecule has 104 valence electrons. The number of nitrogens with zero attached hydrogens (tertiary/aromatic N) is 2. The monoisotopic (exact) mass is 287 g/mol. The molecule has 0 amide bonds. The first-order chi connectivity index (χ1) is 9.58. The topological polar surface area (TPSA) is 64.1 Å². The molecule has 0 aliphatic heterocycles. The standard InChI is InChI=1S/C15H17N3OS/c1-9-5-12(20-10(9)2)7-18-14-4-3-11(16)6-13(14)17-15(18)8-19/h3-6,19H,7-8,16H2,1-2H3. The lowest BCUT2D eigenvalue weighted by Gasteiger charge is -2.06. The van der Waals surface area contributed by atoms with E-state index in [1.165, 1.54) is 15.3 Å². The summed E-state index contributed by atoms with van der Waals surface area (Å²) in [6.07, 6.45) is 0. The SMILES string of the molecule is Cc1cc(Cn2c(CO)nc3cc(N)ccc32)sc1C. The molecule has 1 aromatic carbocycles. The van der Waals surface area contributed by atoms with Gasteiger partial charge in [-0.1, -0.05) is 0 Å². The number of nitrogens with two attached hydrogens (primary N) is 1. The van der Waals surface area contributed by atoms with Gasteiger partial charge in [0.25, 0.3) is 0 Å². The van der Waals surface area contributed by atoms with Crippen LogP contribution in [0.4, 0.5) is 5.69 Å². The third kappa shape index (κ3) is 2.19. The van der Waals surface area contributed by atoms with Gasteiger partial charge in [-0.05, 0) is 43.7 Å². The van der Waals surface area contributed by atoms with Gasteiger partial charge in [0.15, 0.2) is 0 Å². The largest absolute Gasteiger partial charge is 0.399 e. The second-order valence-electron chi connectivity index (χ2n) is 4.97. The van der Waals surface area contributed by atoms with Crippen molar-refractivity contribution in [2.45, 2.75) is 27.0 Å². The van der Waals surface area contributed by atoms with Gasteiger partial charge in [0, 0.05) is 15.4 Å². The summed E-state index contributed by atoms with van der Waals surface area (Å²) in [5.74, 6) is 0.675. The summed E-state index contributed by atoms with van der Waals surface area (Å²) in [5, 5.41) is 9.52. The molecule has 0 radical (unpaired) electrons. The van der Waals surface area contributed by atoms with Crippen LogP contribution in [0.25, 0.3) is 11.0 Å². The summed E-state index contributed by atoms with van der Waals surface area (Å²) in [6, 6.07) is 7.87. The molecule has 0 aliphatic rings. The number of imidazole rings is 1. The molecular weight excluding hydrogens is 270 g/mol. The summed E-state index contributed by atoms with van der Waals surface area (Å²) >= 11 is 1.79. The van der Waals surface area contributed by atoms with Crippen molar-refractivity contribution in [2.24, 2.45) is 0 Å². The zero-order valence-corrected chi connectivity index (χ0v) is 12.4. The van der Waals surface area contributed by atoms with Crippen molar-refractivity contribution in [3.05, 3.63) is 45.4 Å². The van der Waals surface area contributed by atoms with Crippen LogP contribution in [0, 0.1) is 13.8 Å². The van der Waals surface area contributed by atoms with Crippen molar-refractivity contribution in [3.63, 3.8) is 0 Å². The first-order valence-electron chi connectivity index (χ1n) is 6.50. The highest BCUT2D eigenvalue weighted by molar-refractivity contribution is 7.12. The summed E-state index contributed by atoms with van der Waals surface area (Å²) in [6.45, 7) is 4.91. The van der Waals surface area contributed by atoms with Gasteiger partial charge < -0.3 is 15.4 Å². The number of hydrogen-bond donors (Lipinski definition) is 2. The molecule has 20 heavy (non-hydrogen) atoms. The normalized spacial score (nSPS) is 11.3. The maximum atomic E-state index is 9.52. The fourth-order valence-corrected chi connectivity index (χ4v) is 3.42. The van der Waals surface area contributed by atoms with E-state index in [1.807, 2.05) is 18.2 Å². The van der Waals surface area contributed by atoms with E-state index in [0.29, 0.717) is 11.5 Å². The molecule has 0 saturated carbocycles. The van der Waals surface area contributed by atoms with Gasteiger partial charge in [0.05, 0.1) is 17.6 Å². The van der Waals surface area contributed by atoms with Crippen molar-refractivity contribution in [3.8, 4) is 0 Å². The van der Waals surface area contributed by atoms with Crippen molar-refractivity contribution in [1.29, 1.82) is 0 Å². The Kier molecular flexibility index (Phi) is 3.23. The Bertz CT molecular complexity index is 753. The first-order valence-corrected chi connectivity index (χ1v) is 7.31. The molecule has 3 rings (SSSR count). The van der Waals surface area contributed by atoms with Crippen LogP contribution in [0.5, 0.6) is 0 Å². The predicted molar refractivity (Wildman–Crippen MR) is 83.0 cm³/mol. The highest BCUT2D eigenvalue weighted by Crippen LogP contribution is 2.25. The number of aliphatic hydroxyl groups excluding tert-OH is 1. The minimum absolute atomic E-state index is 0.0715. The van der Waals surface area contributed by atoms with Gasteiger partial charge in [0.2, 0.25) is 0 Å². The molecule has 0 aliphatic carbocycles. The van der Waals surface area contributed by atoms with E-state index in [0.717, 1.165) is 17.6 Å². The Morgan fingerprint density at radius 2 is 2.10 bits per heavy atom. The fraction of sp³-hybridized carbons (Fsp3) is 0.267. The number of aromatic nitrogens is 2. The zero-order valence-electron chi connectivity index (χ0n) is 11.6. The smallest absolute Gasteiger partial charge is 0.136 e. The number of rotatable bonds is 3. The molecule has 2 heterocycles. The molecule has 0 unspecified atom stereocenters. The highest BCUT2D eigenvalue weighted by atomic mass is 32.1. The molecule has 4 nitrogen and oxygen atoms in total. The average Bonchev–Trinajstić information content (AvgIpc) is 2.91. The number of nitrogen functional groups attached to an aromatic ring is 1. The highest BCUT2D eigenvalue weighted by Gasteiger charge is 2.12. The lowest BCUT2D eigenvalue weighted by atomic mass is 10.2. The van der Waals surface area contributed by atoms with Crippen molar-refractivity contribution >= 4 is 28.1 Å². The zero-order chi connectivity index (χ0) is 14.3. The number of aliphatic hydroxyl groups is 1. The molecule has 2 aromatic heterocycles. The van der Waals surface area contributed by atoms with Gasteiger partial charge in [-0.25, -0.2) is 4.98 Å². The summed E-state index contributed by atoms with van der Waals surface area (Å²) < 4.78 is 2.06. The number of benzene rings is 1. The number of thiophene rings is 1. The van der Waals surface area contributed by atoms with Gasteiger partial charge in [-0.15, -0.1) is 11.3 Å². The van der Waals surface area contributed by atoms with Gasteiger partial charge in [-0.2, -0.15) is 0 Å². The van der Waals surface area contributed by atoms with Gasteiger partial charge >= 0.3 is 0 Å². The van der Waals surface area contributed by atoms with E-state index < -0.39 is 0 Å². The van der Waals surface area contributed by atoms with Crippen molar-refractivity contribution in [1.82, 2.24) is 9.55 Å². The van der Waals surface area contributed by atoms with Crippen LogP contribution in [-0.4, -0.2) is 14.7 Å². The molecule has 0 atom stereocenters. The van der Waals surface area contributed by atoms with Crippen LogP contribution >= 0.6 is 11.3 Å². The number of fused-ring (bicyclic) bond motifs is 1. The van der Waals surface area contributed by atoms with Crippen LogP contribution in [0.15, 0.2) is 24.3 Å². The van der Waals surface area contributed by atoms with Crippen molar-refractivity contribution in [2.75, 3.05) is 5.73 Å². The second-order valence-corrected chi connectivity index (χ2v) is 6.31. The molecule has 3 N–H and O–H groups in total. The number of aryl methyl sites for hydroxylation is 2. The van der Waals surface area contributed by atoms with E-state index in [-0.39, 0.29) is 6.61 Å². The van der Waals surface area contributed by atoms with E-state index in [4.69, 9.17) is 5.73 Å². The minimum Gasteiger partial charge on any atom is -0.399 e. The average molecular weight is 287 g/mol. The van der Waals surface area contributed by atoms with Gasteiger partial charge in [-0.3, -0.25) is 0 Å². The first kappa shape index (κ1) is 13.1. The predicted octanol–water partition coefficient (Wildman–Crippen LogP) is 2.84. The Morgan fingerprint density at radius 1 is 1.30 bits per heavy atom. The van der Waals surface area contributed by atoms with Gasteiger partial charge in [0.1, 0.15) is 12.4 Å². The summed E-state index contributed by atoms with van der Waals surface area (Å²) in [5.41, 5.74) is 9.63. The molecule has 3 aromatic rings. The molecule has 0 saturated heterocycles. The fourth-order valence-electron chi connectivity index (χ4n) is 2.38. The van der Waals surface area contributed by atoms with Crippen LogP contribution in [0.1, 0.15) is 21.1 Å². The molecule has 0 fully saturated rings. The molecule has 0 bridgehead atoms. The van der Waals surface area contributed by atoms with Crippen LogP contribution < -0.4 is 5.73 Å². The van der Waals surface area contributed by atoms with Crippen molar-refractivity contribution < 1.29 is 5.11 Å². The van der Waals surface area contributed by atoms with Crippen LogP contribution in [0.2, 0.25) is 0 Å². The third-order valence-electron chi connectivity index (χ3n) is 3.52. The Labute approximate surface area is 121 Å². The Hall–Kier alpha value is -1.85. The van der Waals surface area contributed by atoms with Crippen LogP contribution in [-0.2, 0) is 13.2 Å². The minimum atomic E-state index is -0.0715. The molecular formula is C15H17N3OS. The number of hydrogen-bond acceptors (Lipinski definition) is 4. The second kappa shape index (κ2) is 4.92.